The molecule has 36 valence electrons. The van der Waals surface area contributed by atoms with E-state index in [0.29, 0.717) is 0 Å². The molecule has 0 aliphatic heterocycles. The summed E-state index contributed by atoms with van der Waals surface area (Å²) in [5, 5.41) is 0. The molecule has 2 radical (unpaired) electrons. The van der Waals surface area contributed by atoms with Crippen molar-refractivity contribution in [3.8, 4) is 0 Å². The van der Waals surface area contributed by atoms with E-state index in [1.54, 1.807) is 0 Å². The summed E-state index contributed by atoms with van der Waals surface area (Å²) in [6, 6.07) is 0. The summed E-state index contributed by atoms with van der Waals surface area (Å²) in [7, 11) is 0. The van der Waals surface area contributed by atoms with Gasteiger partial charge >= 0.3 is 36.1 Å². The van der Waals surface area contributed by atoms with Crippen molar-refractivity contribution in [1.82, 2.24) is 0 Å². The van der Waals surface area contributed by atoms with Gasteiger partial charge in [0.25, 0.3) is 0 Å². The van der Waals surface area contributed by atoms with Crippen molar-refractivity contribution in [3.05, 3.63) is 0 Å². The fraction of sp³-hybridized carbons (Fsp3) is 0. The van der Waals surface area contributed by atoms with Gasteiger partial charge in [-0.2, -0.15) is 0 Å². The minimum atomic E-state index is -9.35. The second-order valence-electron chi connectivity index (χ2n) is 1.43. The SMILES string of the molecule is [F][Na]([F])([F])([F])[F]. The first-order valence-electron chi connectivity index (χ1n) is 1.89. The van der Waals surface area contributed by atoms with Crippen molar-refractivity contribution >= 4 is 24.7 Å². The second-order valence-corrected chi connectivity index (χ2v) is 4.29. The van der Waals surface area contributed by atoms with Gasteiger partial charge < -0.3 is 0 Å². The van der Waals surface area contributed by atoms with Gasteiger partial charge in [0.2, 0.25) is 0 Å². The quantitative estimate of drug-likeness (QED) is 0.335. The summed E-state index contributed by atoms with van der Waals surface area (Å²) in [4.78, 5) is 0. The number of rotatable bonds is 0. The van der Waals surface area contributed by atoms with Crippen LogP contribution in [-0.4, -0.2) is 24.7 Å². The molecule has 0 unspecified atom stereocenters. The van der Waals surface area contributed by atoms with Crippen LogP contribution in [0, 0.1) is 0 Å². The van der Waals surface area contributed by atoms with Crippen molar-refractivity contribution in [1.29, 1.82) is 0 Å². The molecule has 0 fully saturated rings. The summed E-state index contributed by atoms with van der Waals surface area (Å²) >= 11 is -9.35. The minimum absolute atomic E-state index is 9.35. The van der Waals surface area contributed by atoms with Gasteiger partial charge in [-0.25, -0.2) is 0 Å². The zero-order valence-corrected chi connectivity index (χ0v) is 4.89. The zero-order chi connectivity index (χ0) is 5.45. The fourth-order valence-electron chi connectivity index (χ4n) is 0. The van der Waals surface area contributed by atoms with E-state index in [4.69, 9.17) is 0 Å². The van der Waals surface area contributed by atoms with E-state index in [0.717, 1.165) is 0 Å². The van der Waals surface area contributed by atoms with Crippen LogP contribution >= 0.6 is 0 Å². The van der Waals surface area contributed by atoms with Gasteiger partial charge in [0, 0.05) is 0 Å². The normalized spacial score (nSPS) is 15.0. The van der Waals surface area contributed by atoms with Gasteiger partial charge in [-0.15, -0.1) is 0 Å². The van der Waals surface area contributed by atoms with Gasteiger partial charge in [0.05, 0.1) is 0 Å². The molecule has 0 rings (SSSR count). The standard InChI is InChI=1S/5FH.Na/h5*1H;/q;;;;;+5/p-5. The van der Waals surface area contributed by atoms with E-state index >= 15 is 0 Å². The Labute approximate surface area is 36.4 Å². The number of hydrogen-bond acceptors (Lipinski definition) is 0. The van der Waals surface area contributed by atoms with E-state index in [2.05, 4.69) is 0 Å². The molecule has 0 aliphatic carbocycles. The van der Waals surface area contributed by atoms with E-state index in [9.17, 15) is 11.3 Å². The average molecular weight is 118 g/mol. The summed E-state index contributed by atoms with van der Waals surface area (Å²) in [6.45, 7) is 0. The molecule has 6 heavy (non-hydrogen) atoms. The third-order valence-corrected chi connectivity index (χ3v) is 0. The topological polar surface area (TPSA) is 0 Å². The first-order chi connectivity index (χ1) is 2.24. The van der Waals surface area contributed by atoms with E-state index in [-0.39, 0.29) is 0 Å². The Balaban J connectivity index is 3.73. The maximum absolute atomic E-state index is 9.93. The van der Waals surface area contributed by atoms with E-state index in [1.807, 2.05) is 0 Å². The van der Waals surface area contributed by atoms with Gasteiger partial charge in [0.15, 0.2) is 0 Å². The van der Waals surface area contributed by atoms with Crippen molar-refractivity contribution < 1.29 is 11.3 Å². The third-order valence-electron chi connectivity index (χ3n) is 0. The van der Waals surface area contributed by atoms with Crippen LogP contribution in [0.2, 0.25) is 0 Å². The first-order valence-corrected chi connectivity index (χ1v) is 5.67. The Bertz CT molecular complexity index is 37.1. The van der Waals surface area contributed by atoms with Gasteiger partial charge in [-0.3, -0.25) is 0 Å². The Kier molecular flexibility index (Phi) is 1.19. The average Bonchev–Trinajstić information content (AvgIpc) is 0.650. The molecule has 0 aliphatic rings. The van der Waals surface area contributed by atoms with Crippen LogP contribution in [-0.2, 0) is 0 Å². The van der Waals surface area contributed by atoms with Crippen LogP contribution in [0.3, 0.4) is 0 Å². The summed E-state index contributed by atoms with van der Waals surface area (Å²) < 4.78 is 49.6. The van der Waals surface area contributed by atoms with Crippen molar-refractivity contribution in [2.24, 2.45) is 0 Å². The zero-order valence-electron chi connectivity index (χ0n) is 2.89. The molecule has 0 heterocycles. The first kappa shape index (κ1) is 6.65. The van der Waals surface area contributed by atoms with Crippen molar-refractivity contribution in [2.45, 2.75) is 0 Å². The number of hydrogen-bond donors (Lipinski definition) is 0. The molecule has 0 amide bonds. The molecule has 0 N–H and O–H groups in total. The molecular weight excluding hydrogens is 118 g/mol. The summed E-state index contributed by atoms with van der Waals surface area (Å²) in [6.07, 6.45) is 0. The monoisotopic (exact) mass is 118 g/mol. The van der Waals surface area contributed by atoms with Crippen LogP contribution < -0.4 is 0 Å². The molecule has 0 aromatic rings. The van der Waals surface area contributed by atoms with Crippen LogP contribution in [0.25, 0.3) is 0 Å². The van der Waals surface area contributed by atoms with Gasteiger partial charge in [-0.1, -0.05) is 0 Å². The van der Waals surface area contributed by atoms with Crippen molar-refractivity contribution in [2.75, 3.05) is 0 Å². The van der Waals surface area contributed by atoms with Crippen LogP contribution in [0.15, 0.2) is 0 Å². The van der Waals surface area contributed by atoms with Crippen LogP contribution in [0.4, 0.5) is 11.3 Å². The van der Waals surface area contributed by atoms with E-state index < -0.39 is 24.7 Å². The van der Waals surface area contributed by atoms with E-state index in [1.165, 1.54) is 0 Å². The molecule has 0 nitrogen and oxygen atoms in total. The fourth-order valence-corrected chi connectivity index (χ4v) is 0. The molecule has 0 aromatic heterocycles. The summed E-state index contributed by atoms with van der Waals surface area (Å²) in [5.41, 5.74) is 0. The Morgan fingerprint density at radius 3 is 0.667 bits per heavy atom. The molecular formula is F5Na. The third kappa shape index (κ3) is 147. The number of halogens is 5. The Hall–Kier alpha value is 0.650. The maximum atomic E-state index is 9.93. The van der Waals surface area contributed by atoms with Crippen molar-refractivity contribution in [3.63, 3.8) is 0 Å². The molecule has 0 atom stereocenters. The summed E-state index contributed by atoms with van der Waals surface area (Å²) in [5.74, 6) is 0. The van der Waals surface area contributed by atoms with Crippen LogP contribution in [0.5, 0.6) is 0 Å². The predicted octanol–water partition coefficient (Wildman–Crippen LogP) is 1.72. The molecule has 0 saturated heterocycles. The molecule has 0 bridgehead atoms. The molecule has 0 aromatic carbocycles. The molecule has 0 spiro atoms. The van der Waals surface area contributed by atoms with Crippen LogP contribution in [0.1, 0.15) is 0 Å². The van der Waals surface area contributed by atoms with Gasteiger partial charge in [0.1, 0.15) is 0 Å². The Morgan fingerprint density at radius 1 is 0.667 bits per heavy atom. The predicted molar refractivity (Wildman–Crippen MR) is 11.3 cm³/mol. The second kappa shape index (κ2) is 1.08. The Morgan fingerprint density at radius 2 is 0.667 bits per heavy atom. The van der Waals surface area contributed by atoms with Gasteiger partial charge in [-0.05, 0) is 0 Å². The molecule has 6 heteroatoms. The molecule has 0 saturated carbocycles.